The maximum Gasteiger partial charge on any atom is 0.354 e. The first-order valence-corrected chi connectivity index (χ1v) is 4.35. The number of ether oxygens (including phenoxy) is 1. The highest BCUT2D eigenvalue weighted by molar-refractivity contribution is 6.35. The fourth-order valence-corrected chi connectivity index (χ4v) is 0.533. The van der Waals surface area contributed by atoms with Crippen LogP contribution in [0.3, 0.4) is 0 Å². The molecule has 0 bridgehead atoms. The minimum absolute atomic E-state index is 0.131. The molecule has 0 saturated carbocycles. The van der Waals surface area contributed by atoms with E-state index in [4.69, 9.17) is 4.74 Å². The second-order valence-electron chi connectivity index (χ2n) is 3.78. The second kappa shape index (κ2) is 4.84. The SMILES string of the molecule is CCOC(=O)/C(C)=N/NC(C)(C)C. The molecular formula is C9H18N2O2. The molecule has 0 amide bonds. The van der Waals surface area contributed by atoms with E-state index < -0.39 is 0 Å². The first kappa shape index (κ1) is 11.9. The number of hydrazone groups is 1. The van der Waals surface area contributed by atoms with Gasteiger partial charge < -0.3 is 10.2 Å². The number of carbonyl (C=O) groups excluding carboxylic acids is 1. The lowest BCUT2D eigenvalue weighted by molar-refractivity contribution is -0.135. The van der Waals surface area contributed by atoms with Crippen LogP contribution in [-0.4, -0.2) is 23.8 Å². The van der Waals surface area contributed by atoms with Crippen LogP contribution >= 0.6 is 0 Å². The van der Waals surface area contributed by atoms with Gasteiger partial charge in [-0.3, -0.25) is 0 Å². The molecule has 0 spiro atoms. The maximum absolute atomic E-state index is 11.1. The Labute approximate surface area is 79.3 Å². The summed E-state index contributed by atoms with van der Waals surface area (Å²) in [6.07, 6.45) is 0. The van der Waals surface area contributed by atoms with Crippen LogP contribution in [0.5, 0.6) is 0 Å². The van der Waals surface area contributed by atoms with Gasteiger partial charge in [-0.1, -0.05) is 0 Å². The Bertz CT molecular complexity index is 204. The molecule has 0 aromatic rings. The minimum atomic E-state index is -0.376. The quantitative estimate of drug-likeness (QED) is 0.411. The molecule has 0 unspecified atom stereocenters. The molecule has 0 saturated heterocycles. The average Bonchev–Trinajstić information content (AvgIpc) is 1.99. The molecule has 0 atom stereocenters. The Balaban J connectivity index is 4.09. The van der Waals surface area contributed by atoms with Crippen molar-refractivity contribution in [3.05, 3.63) is 0 Å². The van der Waals surface area contributed by atoms with Crippen LogP contribution in [0.25, 0.3) is 0 Å². The van der Waals surface area contributed by atoms with Crippen molar-refractivity contribution in [1.29, 1.82) is 0 Å². The van der Waals surface area contributed by atoms with E-state index in [1.165, 1.54) is 0 Å². The van der Waals surface area contributed by atoms with E-state index in [1.807, 2.05) is 20.8 Å². The monoisotopic (exact) mass is 186 g/mol. The Kier molecular flexibility index (Phi) is 4.45. The first-order valence-electron chi connectivity index (χ1n) is 4.35. The van der Waals surface area contributed by atoms with Crippen LogP contribution in [-0.2, 0) is 9.53 Å². The molecular weight excluding hydrogens is 168 g/mol. The van der Waals surface area contributed by atoms with Gasteiger partial charge >= 0.3 is 5.97 Å². The second-order valence-corrected chi connectivity index (χ2v) is 3.78. The normalized spacial score (nSPS) is 12.5. The summed E-state index contributed by atoms with van der Waals surface area (Å²) in [4.78, 5) is 11.1. The van der Waals surface area contributed by atoms with E-state index >= 15 is 0 Å². The molecule has 0 aromatic carbocycles. The highest BCUT2D eigenvalue weighted by atomic mass is 16.5. The van der Waals surface area contributed by atoms with Crippen molar-refractivity contribution >= 4 is 11.7 Å². The van der Waals surface area contributed by atoms with E-state index in [2.05, 4.69) is 10.5 Å². The zero-order chi connectivity index (χ0) is 10.5. The molecule has 4 nitrogen and oxygen atoms in total. The van der Waals surface area contributed by atoms with Gasteiger partial charge in [-0.2, -0.15) is 5.10 Å². The summed E-state index contributed by atoms with van der Waals surface area (Å²) in [7, 11) is 0. The fourth-order valence-electron chi connectivity index (χ4n) is 0.533. The van der Waals surface area contributed by atoms with Crippen LogP contribution in [0.4, 0.5) is 0 Å². The van der Waals surface area contributed by atoms with Gasteiger partial charge in [0.15, 0.2) is 0 Å². The first-order chi connectivity index (χ1) is 5.87. The van der Waals surface area contributed by atoms with Crippen LogP contribution in [0.2, 0.25) is 0 Å². The number of hydrogen-bond donors (Lipinski definition) is 1. The van der Waals surface area contributed by atoms with Gasteiger partial charge in [0.2, 0.25) is 0 Å². The number of nitrogens with one attached hydrogen (secondary N) is 1. The van der Waals surface area contributed by atoms with Crippen molar-refractivity contribution in [1.82, 2.24) is 5.43 Å². The molecule has 1 N–H and O–H groups in total. The van der Waals surface area contributed by atoms with E-state index in [-0.39, 0.29) is 11.5 Å². The summed E-state index contributed by atoms with van der Waals surface area (Å²) in [5, 5.41) is 3.91. The van der Waals surface area contributed by atoms with Gasteiger partial charge in [0.25, 0.3) is 0 Å². The molecule has 0 rings (SSSR count). The zero-order valence-electron chi connectivity index (χ0n) is 8.97. The summed E-state index contributed by atoms with van der Waals surface area (Å²) >= 11 is 0. The number of esters is 1. The largest absolute Gasteiger partial charge is 0.461 e. The zero-order valence-corrected chi connectivity index (χ0v) is 8.97. The van der Waals surface area contributed by atoms with Crippen molar-refractivity contribution in [3.8, 4) is 0 Å². The topological polar surface area (TPSA) is 50.7 Å². The molecule has 0 aliphatic heterocycles. The van der Waals surface area contributed by atoms with Crippen LogP contribution in [0, 0.1) is 0 Å². The molecule has 0 aliphatic carbocycles. The predicted molar refractivity (Wildman–Crippen MR) is 52.6 cm³/mol. The third kappa shape index (κ3) is 6.13. The molecule has 13 heavy (non-hydrogen) atoms. The lowest BCUT2D eigenvalue weighted by Crippen LogP contribution is -2.33. The third-order valence-corrected chi connectivity index (χ3v) is 1.13. The standard InChI is InChI=1S/C9H18N2O2/c1-6-13-8(12)7(2)10-11-9(3,4)5/h11H,6H2,1-5H3/b10-7+. The van der Waals surface area contributed by atoms with Crippen LogP contribution in [0.1, 0.15) is 34.6 Å². The van der Waals surface area contributed by atoms with E-state index in [1.54, 1.807) is 13.8 Å². The van der Waals surface area contributed by atoms with Crippen molar-refractivity contribution < 1.29 is 9.53 Å². The molecule has 0 aliphatic rings. The maximum atomic E-state index is 11.1. The summed E-state index contributed by atoms with van der Waals surface area (Å²) in [5.74, 6) is -0.376. The Morgan fingerprint density at radius 2 is 2.00 bits per heavy atom. The highest BCUT2D eigenvalue weighted by Crippen LogP contribution is 1.98. The molecule has 0 heterocycles. The van der Waals surface area contributed by atoms with Crippen LogP contribution < -0.4 is 5.43 Å². The van der Waals surface area contributed by atoms with Crippen LogP contribution in [0.15, 0.2) is 5.10 Å². The predicted octanol–water partition coefficient (Wildman–Crippen LogP) is 1.31. The Hall–Kier alpha value is -1.06. The molecule has 0 aromatic heterocycles. The number of carbonyl (C=O) groups is 1. The van der Waals surface area contributed by atoms with E-state index in [0.717, 1.165) is 0 Å². The molecule has 0 fully saturated rings. The lowest BCUT2D eigenvalue weighted by atomic mass is 10.1. The third-order valence-electron chi connectivity index (χ3n) is 1.13. The fraction of sp³-hybridized carbons (Fsp3) is 0.778. The minimum Gasteiger partial charge on any atom is -0.461 e. The summed E-state index contributed by atoms with van der Waals surface area (Å²) in [6.45, 7) is 9.67. The lowest BCUT2D eigenvalue weighted by Gasteiger charge is -2.17. The summed E-state index contributed by atoms with van der Waals surface area (Å²) in [5.41, 5.74) is 3.06. The van der Waals surface area contributed by atoms with Crippen molar-refractivity contribution in [2.24, 2.45) is 5.10 Å². The van der Waals surface area contributed by atoms with Gasteiger partial charge in [-0.25, -0.2) is 4.79 Å². The molecule has 0 radical (unpaired) electrons. The average molecular weight is 186 g/mol. The van der Waals surface area contributed by atoms with Crippen molar-refractivity contribution in [2.75, 3.05) is 6.61 Å². The molecule has 76 valence electrons. The van der Waals surface area contributed by atoms with Gasteiger partial charge in [-0.05, 0) is 34.6 Å². The van der Waals surface area contributed by atoms with Gasteiger partial charge in [-0.15, -0.1) is 0 Å². The smallest absolute Gasteiger partial charge is 0.354 e. The number of rotatable bonds is 3. The number of nitrogens with zero attached hydrogens (tertiary/aromatic N) is 1. The van der Waals surface area contributed by atoms with E-state index in [0.29, 0.717) is 12.3 Å². The van der Waals surface area contributed by atoms with Gasteiger partial charge in [0, 0.05) is 5.54 Å². The number of hydrogen-bond acceptors (Lipinski definition) is 4. The summed E-state index contributed by atoms with van der Waals surface area (Å²) < 4.78 is 4.76. The van der Waals surface area contributed by atoms with Gasteiger partial charge in [0.1, 0.15) is 5.71 Å². The Morgan fingerprint density at radius 1 is 1.46 bits per heavy atom. The van der Waals surface area contributed by atoms with E-state index in [9.17, 15) is 4.79 Å². The van der Waals surface area contributed by atoms with Crippen molar-refractivity contribution in [2.45, 2.75) is 40.2 Å². The highest BCUT2D eigenvalue weighted by Gasteiger charge is 2.10. The molecule has 4 heteroatoms. The van der Waals surface area contributed by atoms with Crippen molar-refractivity contribution in [3.63, 3.8) is 0 Å². The Morgan fingerprint density at radius 3 is 2.38 bits per heavy atom. The summed E-state index contributed by atoms with van der Waals surface area (Å²) in [6, 6.07) is 0. The van der Waals surface area contributed by atoms with Gasteiger partial charge in [0.05, 0.1) is 6.61 Å².